The number of hydrogen-bond donors (Lipinski definition) is 2. The Hall–Kier alpha value is -4.47. The quantitative estimate of drug-likeness (QED) is 0.491. The molecule has 1 fully saturated rings. The minimum absolute atomic E-state index is 0.0192. The van der Waals surface area contributed by atoms with Crippen LogP contribution >= 0.6 is 0 Å². The van der Waals surface area contributed by atoms with E-state index in [1.54, 1.807) is 49.4 Å². The number of aryl methyl sites for hydroxylation is 3. The van der Waals surface area contributed by atoms with Crippen LogP contribution in [0.2, 0.25) is 0 Å². The van der Waals surface area contributed by atoms with E-state index >= 15 is 0 Å². The zero-order valence-electron chi connectivity index (χ0n) is 21.5. The van der Waals surface area contributed by atoms with Gasteiger partial charge in [0.2, 0.25) is 0 Å². The van der Waals surface area contributed by atoms with Gasteiger partial charge < -0.3 is 24.7 Å². The molecule has 38 heavy (non-hydrogen) atoms. The number of amides is 3. The summed E-state index contributed by atoms with van der Waals surface area (Å²) in [6.07, 6.45) is -1.24. The molecule has 3 amide bonds. The van der Waals surface area contributed by atoms with Gasteiger partial charge in [0.15, 0.2) is 11.9 Å². The molecule has 0 saturated carbocycles. The minimum Gasteiger partial charge on any atom is -0.481 e. The van der Waals surface area contributed by atoms with Crippen LogP contribution in [0.25, 0.3) is 0 Å². The second kappa shape index (κ2) is 11.3. The van der Waals surface area contributed by atoms with Crippen molar-refractivity contribution >= 4 is 23.7 Å². The number of carbonyl (C=O) groups is 4. The number of aromatic nitrogens is 1. The van der Waals surface area contributed by atoms with Crippen molar-refractivity contribution in [2.45, 2.75) is 45.8 Å². The molecule has 198 valence electrons. The van der Waals surface area contributed by atoms with Crippen LogP contribution in [0, 0.1) is 20.8 Å². The fraction of sp³-hybridized carbons (Fsp3) is 0.321. The van der Waals surface area contributed by atoms with Gasteiger partial charge >= 0.3 is 5.97 Å². The zero-order chi connectivity index (χ0) is 27.4. The van der Waals surface area contributed by atoms with Crippen LogP contribution in [0.3, 0.4) is 0 Å². The van der Waals surface area contributed by atoms with Crippen LogP contribution in [0.5, 0.6) is 0 Å². The van der Waals surface area contributed by atoms with Gasteiger partial charge in [0.05, 0.1) is 12.5 Å². The predicted octanol–water partition coefficient (Wildman–Crippen LogP) is 3.25. The van der Waals surface area contributed by atoms with Crippen LogP contribution in [0.1, 0.15) is 62.2 Å². The molecule has 10 heteroatoms. The van der Waals surface area contributed by atoms with E-state index in [2.05, 4.69) is 10.5 Å². The van der Waals surface area contributed by atoms with Crippen molar-refractivity contribution in [3.05, 3.63) is 88.3 Å². The molecule has 0 radical (unpaired) electrons. The summed E-state index contributed by atoms with van der Waals surface area (Å²) in [5, 5.41) is 16.1. The Balaban J connectivity index is 1.71. The Bertz CT molecular complexity index is 1350. The maximum atomic E-state index is 13.9. The molecule has 3 aromatic rings. The van der Waals surface area contributed by atoms with Gasteiger partial charge in [-0.1, -0.05) is 52.7 Å². The van der Waals surface area contributed by atoms with E-state index in [9.17, 15) is 24.3 Å². The van der Waals surface area contributed by atoms with Crippen molar-refractivity contribution < 1.29 is 28.8 Å². The molecular weight excluding hydrogens is 488 g/mol. The fourth-order valence-electron chi connectivity index (χ4n) is 4.57. The number of carboxylic acid groups (broad SMARTS) is 1. The van der Waals surface area contributed by atoms with Crippen LogP contribution in [0.4, 0.5) is 0 Å². The van der Waals surface area contributed by atoms with Gasteiger partial charge in [-0.3, -0.25) is 19.2 Å². The summed E-state index contributed by atoms with van der Waals surface area (Å²) in [4.78, 5) is 55.2. The lowest BCUT2D eigenvalue weighted by Gasteiger charge is -2.43. The Morgan fingerprint density at radius 3 is 2.26 bits per heavy atom. The maximum absolute atomic E-state index is 13.9. The van der Waals surface area contributed by atoms with Gasteiger partial charge in [-0.15, -0.1) is 0 Å². The first kappa shape index (κ1) is 26.6. The van der Waals surface area contributed by atoms with Crippen molar-refractivity contribution in [1.29, 1.82) is 0 Å². The summed E-state index contributed by atoms with van der Waals surface area (Å²) in [5.74, 6) is -2.30. The second-order valence-corrected chi connectivity index (χ2v) is 9.49. The second-order valence-electron chi connectivity index (χ2n) is 9.49. The topological polar surface area (TPSA) is 133 Å². The molecule has 0 bridgehead atoms. The molecule has 10 nitrogen and oxygen atoms in total. The van der Waals surface area contributed by atoms with Crippen molar-refractivity contribution in [2.24, 2.45) is 0 Å². The summed E-state index contributed by atoms with van der Waals surface area (Å²) in [5.41, 5.74) is 2.88. The third-order valence-electron chi connectivity index (χ3n) is 6.43. The fourth-order valence-corrected chi connectivity index (χ4v) is 4.57. The molecule has 2 atom stereocenters. The SMILES string of the molecule is Cc1ccc(C(=O)N2CCCN(C(=O)c3cc(C)on3)C2C(=O)NC(CC(=O)O)c2cccc(C)c2)cc1. The average molecular weight is 519 g/mol. The number of nitrogens with zero attached hydrogens (tertiary/aromatic N) is 3. The molecule has 4 rings (SSSR count). The lowest BCUT2D eigenvalue weighted by Crippen LogP contribution is -2.63. The Morgan fingerprint density at radius 2 is 1.66 bits per heavy atom. The lowest BCUT2D eigenvalue weighted by atomic mass is 10.0. The van der Waals surface area contributed by atoms with Gasteiger partial charge in [-0.2, -0.15) is 0 Å². The van der Waals surface area contributed by atoms with Crippen molar-refractivity contribution in [2.75, 3.05) is 13.1 Å². The molecule has 0 aliphatic carbocycles. The first-order valence-electron chi connectivity index (χ1n) is 12.3. The van der Waals surface area contributed by atoms with E-state index in [4.69, 9.17) is 4.52 Å². The van der Waals surface area contributed by atoms with Crippen molar-refractivity contribution in [1.82, 2.24) is 20.3 Å². The highest BCUT2D eigenvalue weighted by molar-refractivity contribution is 6.01. The molecule has 2 heterocycles. The molecule has 2 unspecified atom stereocenters. The first-order valence-corrected chi connectivity index (χ1v) is 12.3. The summed E-state index contributed by atoms with van der Waals surface area (Å²) >= 11 is 0. The highest BCUT2D eigenvalue weighted by atomic mass is 16.5. The smallest absolute Gasteiger partial charge is 0.305 e. The Labute approximate surface area is 220 Å². The molecule has 1 aliphatic heterocycles. The molecule has 1 saturated heterocycles. The van der Waals surface area contributed by atoms with Gasteiger partial charge in [0.25, 0.3) is 17.7 Å². The number of carbonyl (C=O) groups excluding carboxylic acids is 3. The van der Waals surface area contributed by atoms with Crippen molar-refractivity contribution in [3.8, 4) is 0 Å². The van der Waals surface area contributed by atoms with Crippen LogP contribution in [-0.2, 0) is 9.59 Å². The Morgan fingerprint density at radius 1 is 0.974 bits per heavy atom. The molecule has 2 N–H and O–H groups in total. The Kier molecular flexibility index (Phi) is 7.90. The maximum Gasteiger partial charge on any atom is 0.305 e. The van der Waals surface area contributed by atoms with Gasteiger partial charge in [-0.05, 0) is 44.9 Å². The van der Waals surface area contributed by atoms with Gasteiger partial charge in [0, 0.05) is 24.7 Å². The highest BCUT2D eigenvalue weighted by Gasteiger charge is 2.42. The molecule has 0 spiro atoms. The lowest BCUT2D eigenvalue weighted by molar-refractivity contribution is -0.138. The largest absolute Gasteiger partial charge is 0.481 e. The molecular formula is C28H30N4O6. The summed E-state index contributed by atoms with van der Waals surface area (Å²) in [6.45, 7) is 5.86. The number of rotatable bonds is 7. The van der Waals surface area contributed by atoms with Gasteiger partial charge in [0.1, 0.15) is 5.76 Å². The normalized spacial score (nSPS) is 16.1. The van der Waals surface area contributed by atoms with Crippen LogP contribution in [0.15, 0.2) is 59.1 Å². The molecule has 2 aromatic carbocycles. The number of aliphatic carboxylic acids is 1. The van der Waals surface area contributed by atoms with E-state index < -0.39 is 35.9 Å². The number of nitrogens with one attached hydrogen (secondary N) is 1. The minimum atomic E-state index is -1.32. The number of hydrogen-bond acceptors (Lipinski definition) is 6. The van der Waals surface area contributed by atoms with Crippen LogP contribution in [-0.4, -0.2) is 63.0 Å². The first-order chi connectivity index (χ1) is 18.1. The van der Waals surface area contributed by atoms with Gasteiger partial charge in [-0.25, -0.2) is 0 Å². The van der Waals surface area contributed by atoms with Crippen LogP contribution < -0.4 is 5.32 Å². The average Bonchev–Trinajstić information content (AvgIpc) is 3.33. The van der Waals surface area contributed by atoms with E-state index in [1.165, 1.54) is 15.9 Å². The van der Waals surface area contributed by atoms with E-state index in [1.807, 2.05) is 19.9 Å². The predicted molar refractivity (Wildman–Crippen MR) is 137 cm³/mol. The zero-order valence-corrected chi connectivity index (χ0v) is 21.5. The monoisotopic (exact) mass is 518 g/mol. The van der Waals surface area contributed by atoms with E-state index in [-0.39, 0.29) is 25.2 Å². The number of carboxylic acids is 1. The summed E-state index contributed by atoms with van der Waals surface area (Å²) in [6, 6.07) is 14.7. The number of benzene rings is 2. The summed E-state index contributed by atoms with van der Waals surface area (Å²) in [7, 11) is 0. The standard InChI is InChI=1S/C28H30N4O6/c1-17-8-10-20(11-9-17)27(36)31-12-5-13-32(28(37)23-15-19(3)38-30-23)26(31)25(35)29-22(16-24(33)34)21-7-4-6-18(2)14-21/h4,6-11,14-15,22,26H,5,12-13,16H2,1-3H3,(H,29,35)(H,33,34). The van der Waals surface area contributed by atoms with E-state index in [0.29, 0.717) is 23.3 Å². The third kappa shape index (κ3) is 5.91. The summed E-state index contributed by atoms with van der Waals surface area (Å²) < 4.78 is 5.06. The van der Waals surface area contributed by atoms with E-state index in [0.717, 1.165) is 11.1 Å². The molecule has 1 aliphatic rings. The molecule has 1 aromatic heterocycles. The van der Waals surface area contributed by atoms with Crippen molar-refractivity contribution in [3.63, 3.8) is 0 Å². The third-order valence-corrected chi connectivity index (χ3v) is 6.43. The highest BCUT2D eigenvalue weighted by Crippen LogP contribution is 2.24.